The normalized spacial score (nSPS) is 17.3. The average molecular weight is 471 g/mol. The van der Waals surface area contributed by atoms with E-state index in [4.69, 9.17) is 14.7 Å². The molecule has 1 N–H and O–H groups in total. The van der Waals surface area contributed by atoms with E-state index in [0.29, 0.717) is 22.4 Å². The van der Waals surface area contributed by atoms with Gasteiger partial charge in [0.2, 0.25) is 5.91 Å². The Morgan fingerprint density at radius 2 is 1.74 bits per heavy atom. The number of nitrogens with one attached hydrogen (secondary N) is 1. The fraction of sp³-hybridized carbons (Fsp3) is 0.154. The smallest absolute Gasteiger partial charge is 0.263 e. The second kappa shape index (κ2) is 9.15. The van der Waals surface area contributed by atoms with Crippen molar-refractivity contribution in [2.45, 2.75) is 18.2 Å². The van der Waals surface area contributed by atoms with Crippen molar-refractivity contribution in [1.29, 1.82) is 0 Å². The van der Waals surface area contributed by atoms with E-state index in [1.807, 2.05) is 54.6 Å². The van der Waals surface area contributed by atoms with Crippen LogP contribution >= 0.6 is 11.8 Å². The molecule has 0 aliphatic carbocycles. The second-order valence-corrected chi connectivity index (χ2v) is 9.14. The van der Waals surface area contributed by atoms with Crippen molar-refractivity contribution >= 4 is 46.0 Å². The average Bonchev–Trinajstić information content (AvgIpc) is 3.22. The van der Waals surface area contributed by atoms with Crippen LogP contribution in [0.4, 0.5) is 11.4 Å². The highest BCUT2D eigenvalue weighted by molar-refractivity contribution is 8.15. The molecule has 7 nitrogen and oxygen atoms in total. The summed E-state index contributed by atoms with van der Waals surface area (Å²) >= 11 is 1.23. The number of nitrogens with zero attached hydrogens (tertiary/aromatic N) is 3. The first-order valence-corrected chi connectivity index (χ1v) is 11.7. The molecule has 2 aliphatic heterocycles. The Morgan fingerprint density at radius 3 is 2.47 bits per heavy atom. The van der Waals surface area contributed by atoms with E-state index in [1.54, 1.807) is 43.2 Å². The minimum absolute atomic E-state index is 0.176. The van der Waals surface area contributed by atoms with Gasteiger partial charge in [0, 0.05) is 11.3 Å². The minimum atomic E-state index is -0.642. The molecule has 3 aromatic carbocycles. The third kappa shape index (κ3) is 4.08. The molecule has 8 heteroatoms. The number of thioether (sulfide) groups is 1. The summed E-state index contributed by atoms with van der Waals surface area (Å²) in [5.41, 5.74) is 3.01. The quantitative estimate of drug-likeness (QED) is 0.581. The number of ether oxygens (including phenoxy) is 1. The fourth-order valence-corrected chi connectivity index (χ4v) is 4.73. The molecule has 0 saturated heterocycles. The van der Waals surface area contributed by atoms with E-state index < -0.39 is 11.3 Å². The van der Waals surface area contributed by atoms with Gasteiger partial charge in [-0.1, -0.05) is 54.2 Å². The highest BCUT2D eigenvalue weighted by Gasteiger charge is 2.42. The highest BCUT2D eigenvalue weighted by Crippen LogP contribution is 2.38. The van der Waals surface area contributed by atoms with Crippen molar-refractivity contribution in [1.82, 2.24) is 4.90 Å². The zero-order chi connectivity index (χ0) is 23.7. The summed E-state index contributed by atoms with van der Waals surface area (Å²) < 4.78 is 5.16. The third-order valence-electron chi connectivity index (χ3n) is 5.59. The number of fused-ring (bicyclic) bond motifs is 3. The third-order valence-corrected chi connectivity index (χ3v) is 6.65. The van der Waals surface area contributed by atoms with Gasteiger partial charge < -0.3 is 10.1 Å². The van der Waals surface area contributed by atoms with Gasteiger partial charge in [0.05, 0.1) is 18.0 Å². The summed E-state index contributed by atoms with van der Waals surface area (Å²) in [6.07, 6.45) is 0. The number of amides is 2. The predicted octanol–water partition coefficient (Wildman–Crippen LogP) is 4.79. The Morgan fingerprint density at radius 1 is 1.03 bits per heavy atom. The zero-order valence-electron chi connectivity index (χ0n) is 18.6. The number of anilines is 1. The molecule has 0 saturated carbocycles. The zero-order valence-corrected chi connectivity index (χ0v) is 19.5. The van der Waals surface area contributed by atoms with Crippen molar-refractivity contribution in [3.63, 3.8) is 0 Å². The van der Waals surface area contributed by atoms with Gasteiger partial charge >= 0.3 is 0 Å². The number of hydrogen-bond acceptors (Lipinski definition) is 6. The van der Waals surface area contributed by atoms with Crippen LogP contribution in [0.25, 0.3) is 0 Å². The first-order valence-electron chi connectivity index (χ1n) is 10.8. The number of rotatable bonds is 5. The predicted molar refractivity (Wildman–Crippen MR) is 135 cm³/mol. The van der Waals surface area contributed by atoms with E-state index in [2.05, 4.69) is 5.32 Å². The molecule has 170 valence electrons. The molecule has 2 unspecified atom stereocenters. The number of hydrogen-bond donors (Lipinski definition) is 1. The van der Waals surface area contributed by atoms with Gasteiger partial charge in [0.25, 0.3) is 5.91 Å². The van der Waals surface area contributed by atoms with Crippen molar-refractivity contribution in [3.05, 3.63) is 90.0 Å². The number of para-hydroxylation sites is 1. The van der Waals surface area contributed by atoms with Crippen molar-refractivity contribution < 1.29 is 14.3 Å². The Bertz CT molecular complexity index is 1310. The van der Waals surface area contributed by atoms with Crippen molar-refractivity contribution in [2.24, 2.45) is 9.98 Å². The van der Waals surface area contributed by atoms with Crippen LogP contribution in [0.3, 0.4) is 0 Å². The van der Waals surface area contributed by atoms with Crippen LogP contribution in [0.15, 0.2) is 88.8 Å². The molecule has 0 spiro atoms. The van der Waals surface area contributed by atoms with Crippen LogP contribution < -0.4 is 10.1 Å². The summed E-state index contributed by atoms with van der Waals surface area (Å²) in [7, 11) is 1.59. The van der Waals surface area contributed by atoms with Crippen LogP contribution in [0.2, 0.25) is 0 Å². The molecule has 3 aromatic rings. The monoisotopic (exact) mass is 470 g/mol. The first-order chi connectivity index (χ1) is 16.5. The molecular weight excluding hydrogens is 448 g/mol. The Balaban J connectivity index is 1.41. The number of aliphatic imine (C=N–C) groups is 2. The largest absolute Gasteiger partial charge is 0.497 e. The van der Waals surface area contributed by atoms with Gasteiger partial charge in [-0.3, -0.25) is 9.59 Å². The Kier molecular flexibility index (Phi) is 5.90. The molecule has 0 fully saturated rings. The molecule has 2 amide bonds. The Labute approximate surface area is 201 Å². The van der Waals surface area contributed by atoms with Crippen LogP contribution in [0.5, 0.6) is 5.75 Å². The maximum absolute atomic E-state index is 13.5. The number of carbonyl (C=O) groups excluding carboxylic acids is 2. The first kappa shape index (κ1) is 21.9. The van der Waals surface area contributed by atoms with Gasteiger partial charge in [0.1, 0.15) is 11.6 Å². The SMILES string of the molecule is COc1ccc(NC(=O)C(C)SC2=Nc3ccccc3C3=NC(c4ccccc4)C(=O)N23)cc1. The molecule has 0 aromatic heterocycles. The van der Waals surface area contributed by atoms with E-state index >= 15 is 0 Å². The lowest BCUT2D eigenvalue weighted by atomic mass is 10.1. The van der Waals surface area contributed by atoms with E-state index in [-0.39, 0.29) is 11.8 Å². The summed E-state index contributed by atoms with van der Waals surface area (Å²) in [6.45, 7) is 1.79. The van der Waals surface area contributed by atoms with Crippen LogP contribution in [0.1, 0.15) is 24.1 Å². The van der Waals surface area contributed by atoms with Gasteiger partial charge in [-0.25, -0.2) is 14.9 Å². The summed E-state index contributed by atoms with van der Waals surface area (Å²) in [5.74, 6) is 0.906. The fourth-order valence-electron chi connectivity index (χ4n) is 3.81. The molecule has 0 radical (unpaired) electrons. The van der Waals surface area contributed by atoms with Crippen molar-refractivity contribution in [2.75, 3.05) is 12.4 Å². The van der Waals surface area contributed by atoms with E-state index in [1.165, 1.54) is 11.8 Å². The van der Waals surface area contributed by atoms with Crippen LogP contribution in [0, 0.1) is 0 Å². The minimum Gasteiger partial charge on any atom is -0.497 e. The molecule has 0 bridgehead atoms. The molecule has 5 rings (SSSR count). The lowest BCUT2D eigenvalue weighted by molar-refractivity contribution is -0.124. The molecular formula is C26H22N4O3S. The van der Waals surface area contributed by atoms with E-state index in [0.717, 1.165) is 16.8 Å². The highest BCUT2D eigenvalue weighted by atomic mass is 32.2. The van der Waals surface area contributed by atoms with Crippen LogP contribution in [-0.4, -0.2) is 40.1 Å². The summed E-state index contributed by atoms with van der Waals surface area (Å²) in [4.78, 5) is 37.4. The lowest BCUT2D eigenvalue weighted by Crippen LogP contribution is -2.41. The number of benzene rings is 3. The number of carbonyl (C=O) groups is 2. The van der Waals surface area contributed by atoms with Gasteiger partial charge in [-0.2, -0.15) is 0 Å². The topological polar surface area (TPSA) is 83.4 Å². The van der Waals surface area contributed by atoms with Crippen molar-refractivity contribution in [3.8, 4) is 5.75 Å². The maximum Gasteiger partial charge on any atom is 0.263 e. The van der Waals surface area contributed by atoms with E-state index in [9.17, 15) is 9.59 Å². The van der Waals surface area contributed by atoms with Crippen LogP contribution in [-0.2, 0) is 9.59 Å². The molecule has 2 aliphatic rings. The number of amidine groups is 2. The van der Waals surface area contributed by atoms with Gasteiger partial charge in [-0.05, 0) is 48.9 Å². The van der Waals surface area contributed by atoms with Gasteiger partial charge in [-0.15, -0.1) is 0 Å². The molecule has 2 heterocycles. The number of methoxy groups -OCH3 is 1. The Hall–Kier alpha value is -3.91. The summed E-state index contributed by atoms with van der Waals surface area (Å²) in [6, 6.07) is 23.6. The van der Waals surface area contributed by atoms with Gasteiger partial charge in [0.15, 0.2) is 11.2 Å². The maximum atomic E-state index is 13.5. The lowest BCUT2D eigenvalue weighted by Gasteiger charge is -2.26. The summed E-state index contributed by atoms with van der Waals surface area (Å²) in [5, 5.41) is 2.84. The standard InChI is InChI=1S/C26H22N4O3S/c1-16(24(31)27-18-12-14-19(33-2)15-13-18)34-26-28-21-11-7-6-10-20(21)23-29-22(25(32)30(23)26)17-8-4-3-5-9-17/h3-16,22H,1-2H3,(H,27,31). The molecule has 34 heavy (non-hydrogen) atoms. The molecule has 2 atom stereocenters. The second-order valence-electron chi connectivity index (χ2n) is 7.83.